The third kappa shape index (κ3) is 3.50. The van der Waals surface area contributed by atoms with Crippen LogP contribution in [0.3, 0.4) is 0 Å². The lowest BCUT2D eigenvalue weighted by Gasteiger charge is -2.22. The van der Waals surface area contributed by atoms with Crippen LogP contribution in [-0.4, -0.2) is 19.0 Å². The number of anilines is 1. The molecule has 1 aromatic carbocycles. The number of hydrogen-bond acceptors (Lipinski definition) is 2. The smallest absolute Gasteiger partial charge is 0.0384 e. The summed E-state index contributed by atoms with van der Waals surface area (Å²) >= 11 is 0. The van der Waals surface area contributed by atoms with E-state index in [4.69, 9.17) is 0 Å². The van der Waals surface area contributed by atoms with Crippen molar-refractivity contribution in [3.8, 4) is 0 Å². The summed E-state index contributed by atoms with van der Waals surface area (Å²) in [5.41, 5.74) is 5.85. The highest BCUT2D eigenvalue weighted by molar-refractivity contribution is 5.56. The van der Waals surface area contributed by atoms with Crippen molar-refractivity contribution in [2.45, 2.75) is 19.8 Å². The van der Waals surface area contributed by atoms with Crippen LogP contribution in [0, 0.1) is 6.92 Å². The van der Waals surface area contributed by atoms with Crippen LogP contribution in [0.15, 0.2) is 60.0 Å². The summed E-state index contributed by atoms with van der Waals surface area (Å²) in [5.74, 6) is 0. The van der Waals surface area contributed by atoms with Crippen molar-refractivity contribution in [3.63, 3.8) is 0 Å². The molecule has 0 fully saturated rings. The van der Waals surface area contributed by atoms with Gasteiger partial charge in [-0.25, -0.2) is 0 Å². The van der Waals surface area contributed by atoms with E-state index >= 15 is 0 Å². The summed E-state index contributed by atoms with van der Waals surface area (Å²) in [6.45, 7) is 6.24. The highest BCUT2D eigenvalue weighted by Gasteiger charge is 2.09. The average Bonchev–Trinajstić information content (AvgIpc) is 2.41. The Bertz CT molecular complexity index is 519. The summed E-state index contributed by atoms with van der Waals surface area (Å²) in [6, 6.07) is 8.37. The molecule has 0 saturated carbocycles. The van der Waals surface area contributed by atoms with E-state index in [0.29, 0.717) is 0 Å². The SMILES string of the molecule is C=C(Nc1ccc(C)cc1)C1=CCCC(N(C)C)=C1. The molecule has 19 heavy (non-hydrogen) atoms. The Balaban J connectivity index is 2.08. The number of nitrogens with one attached hydrogen (secondary N) is 1. The van der Waals surface area contributed by atoms with Crippen molar-refractivity contribution in [3.05, 3.63) is 65.5 Å². The topological polar surface area (TPSA) is 15.3 Å². The van der Waals surface area contributed by atoms with Gasteiger partial charge in [0, 0.05) is 31.2 Å². The minimum Gasteiger partial charge on any atom is -0.381 e. The minimum atomic E-state index is 0.961. The lowest BCUT2D eigenvalue weighted by Crippen LogP contribution is -2.14. The highest BCUT2D eigenvalue weighted by atomic mass is 15.1. The molecule has 2 rings (SSSR count). The van der Waals surface area contributed by atoms with Crippen LogP contribution in [0.25, 0.3) is 0 Å². The van der Waals surface area contributed by atoms with Gasteiger partial charge >= 0.3 is 0 Å². The maximum atomic E-state index is 4.15. The molecule has 2 nitrogen and oxygen atoms in total. The van der Waals surface area contributed by atoms with E-state index < -0.39 is 0 Å². The molecule has 0 bridgehead atoms. The van der Waals surface area contributed by atoms with Gasteiger partial charge in [0.1, 0.15) is 0 Å². The molecule has 0 atom stereocenters. The van der Waals surface area contributed by atoms with E-state index in [0.717, 1.165) is 24.2 Å². The van der Waals surface area contributed by atoms with Gasteiger partial charge < -0.3 is 10.2 Å². The van der Waals surface area contributed by atoms with E-state index in [2.05, 4.69) is 74.2 Å². The number of nitrogens with zero attached hydrogens (tertiary/aromatic N) is 1. The predicted molar refractivity (Wildman–Crippen MR) is 83.0 cm³/mol. The van der Waals surface area contributed by atoms with E-state index in [-0.39, 0.29) is 0 Å². The van der Waals surface area contributed by atoms with Crippen LogP contribution in [0.2, 0.25) is 0 Å². The zero-order valence-electron chi connectivity index (χ0n) is 12.0. The number of rotatable bonds is 4. The summed E-state index contributed by atoms with van der Waals surface area (Å²) < 4.78 is 0. The first kappa shape index (κ1) is 13.5. The summed E-state index contributed by atoms with van der Waals surface area (Å²) in [4.78, 5) is 2.17. The molecular formula is C17H22N2. The van der Waals surface area contributed by atoms with Crippen LogP contribution in [0.1, 0.15) is 18.4 Å². The second kappa shape index (κ2) is 5.79. The maximum Gasteiger partial charge on any atom is 0.0384 e. The van der Waals surface area contributed by atoms with E-state index in [1.54, 1.807) is 0 Å². The summed E-state index contributed by atoms with van der Waals surface area (Å²) in [7, 11) is 4.18. The third-order valence-corrected chi connectivity index (χ3v) is 3.36. The Morgan fingerprint density at radius 1 is 1.21 bits per heavy atom. The molecule has 2 heteroatoms. The van der Waals surface area contributed by atoms with Crippen LogP contribution in [0.4, 0.5) is 5.69 Å². The zero-order chi connectivity index (χ0) is 13.8. The molecule has 1 aliphatic rings. The molecule has 0 heterocycles. The number of aryl methyl sites for hydroxylation is 1. The van der Waals surface area contributed by atoms with Crippen LogP contribution >= 0.6 is 0 Å². The largest absolute Gasteiger partial charge is 0.381 e. The minimum absolute atomic E-state index is 0.961. The molecule has 1 aromatic rings. The van der Waals surface area contributed by atoms with Crippen molar-refractivity contribution >= 4 is 5.69 Å². The van der Waals surface area contributed by atoms with Gasteiger partial charge in [-0.05, 0) is 43.5 Å². The van der Waals surface area contributed by atoms with Crippen molar-refractivity contribution < 1.29 is 0 Å². The molecule has 1 aliphatic carbocycles. The molecule has 0 aromatic heterocycles. The van der Waals surface area contributed by atoms with Crippen LogP contribution in [-0.2, 0) is 0 Å². The molecule has 0 spiro atoms. The molecule has 100 valence electrons. The molecule has 1 N–H and O–H groups in total. The Kier molecular flexibility index (Phi) is 4.10. The molecule has 0 radical (unpaired) electrons. The fourth-order valence-corrected chi connectivity index (χ4v) is 2.13. The maximum absolute atomic E-state index is 4.15. The monoisotopic (exact) mass is 254 g/mol. The first-order chi connectivity index (χ1) is 9.06. The van der Waals surface area contributed by atoms with Gasteiger partial charge in [-0.3, -0.25) is 0 Å². The third-order valence-electron chi connectivity index (χ3n) is 3.36. The molecular weight excluding hydrogens is 232 g/mol. The quantitative estimate of drug-likeness (QED) is 0.870. The number of benzene rings is 1. The average molecular weight is 254 g/mol. The van der Waals surface area contributed by atoms with Gasteiger partial charge in [0.2, 0.25) is 0 Å². The Labute approximate surface area is 116 Å². The molecule has 0 aliphatic heterocycles. The Hall–Kier alpha value is -1.96. The lowest BCUT2D eigenvalue weighted by molar-refractivity contribution is 0.485. The summed E-state index contributed by atoms with van der Waals surface area (Å²) in [6.07, 6.45) is 6.64. The molecule has 0 amide bonds. The fraction of sp³-hybridized carbons (Fsp3) is 0.294. The van der Waals surface area contributed by atoms with Gasteiger partial charge in [-0.1, -0.05) is 30.4 Å². The predicted octanol–water partition coefficient (Wildman–Crippen LogP) is 4.09. The first-order valence-electron chi connectivity index (χ1n) is 6.67. The van der Waals surface area contributed by atoms with E-state index in [1.165, 1.54) is 16.8 Å². The van der Waals surface area contributed by atoms with Gasteiger partial charge in [0.15, 0.2) is 0 Å². The highest BCUT2D eigenvalue weighted by Crippen LogP contribution is 2.24. The molecule has 0 unspecified atom stereocenters. The Morgan fingerprint density at radius 3 is 2.53 bits per heavy atom. The lowest BCUT2D eigenvalue weighted by atomic mass is 10.0. The standard InChI is InChI=1S/C17H22N2/c1-13-8-10-16(11-9-13)18-14(2)15-6-5-7-17(12-15)19(3)4/h6,8-12,18H,2,5,7H2,1,3-4H3. The number of hydrogen-bond donors (Lipinski definition) is 1. The van der Waals surface area contributed by atoms with Gasteiger partial charge in [-0.2, -0.15) is 0 Å². The van der Waals surface area contributed by atoms with E-state index in [1.807, 2.05) is 0 Å². The van der Waals surface area contributed by atoms with Crippen LogP contribution < -0.4 is 5.32 Å². The Morgan fingerprint density at radius 2 is 1.89 bits per heavy atom. The normalized spacial score (nSPS) is 14.5. The second-order valence-corrected chi connectivity index (χ2v) is 5.20. The van der Waals surface area contributed by atoms with Crippen molar-refractivity contribution in [1.82, 2.24) is 4.90 Å². The van der Waals surface area contributed by atoms with Gasteiger partial charge in [-0.15, -0.1) is 0 Å². The van der Waals surface area contributed by atoms with Crippen LogP contribution in [0.5, 0.6) is 0 Å². The van der Waals surface area contributed by atoms with E-state index in [9.17, 15) is 0 Å². The first-order valence-corrected chi connectivity index (χ1v) is 6.67. The van der Waals surface area contributed by atoms with Gasteiger partial charge in [0.05, 0.1) is 0 Å². The van der Waals surface area contributed by atoms with Crippen molar-refractivity contribution in [2.24, 2.45) is 0 Å². The zero-order valence-corrected chi connectivity index (χ0v) is 12.0. The van der Waals surface area contributed by atoms with Gasteiger partial charge in [0.25, 0.3) is 0 Å². The molecule has 0 saturated heterocycles. The number of allylic oxidation sites excluding steroid dienone is 3. The second-order valence-electron chi connectivity index (χ2n) is 5.20. The van der Waals surface area contributed by atoms with Crippen molar-refractivity contribution in [2.75, 3.05) is 19.4 Å². The fourth-order valence-electron chi connectivity index (χ4n) is 2.13. The van der Waals surface area contributed by atoms with Crippen molar-refractivity contribution in [1.29, 1.82) is 0 Å². The summed E-state index contributed by atoms with van der Waals surface area (Å²) in [5, 5.41) is 3.37.